The van der Waals surface area contributed by atoms with Gasteiger partial charge in [-0.2, -0.15) is 0 Å². The van der Waals surface area contributed by atoms with Crippen LogP contribution in [0.5, 0.6) is 5.75 Å². The van der Waals surface area contributed by atoms with Crippen LogP contribution >= 0.6 is 0 Å². The summed E-state index contributed by atoms with van der Waals surface area (Å²) >= 11 is 0. The molecule has 0 unspecified atom stereocenters. The minimum Gasteiger partial charge on any atom is -0.508 e. The maximum absolute atomic E-state index is 9.39. The van der Waals surface area contributed by atoms with Crippen LogP contribution in [-0.2, 0) is 0 Å². The Morgan fingerprint density at radius 3 is 1.80 bits per heavy atom. The zero-order chi connectivity index (χ0) is 16.8. The van der Waals surface area contributed by atoms with E-state index in [1.54, 1.807) is 30.3 Å². The standard InChI is InChI=1S/C20H12N2O3/c23-14-8-6-13(7-9-14)20-22-16-10-15-17(11-18(16)25-20)24-19(21-15)12-4-2-1-3-5-12/h1-11,23H. The number of aromatic hydroxyl groups is 1. The Balaban J connectivity index is 1.62. The van der Waals surface area contributed by atoms with Crippen LogP contribution < -0.4 is 0 Å². The highest BCUT2D eigenvalue weighted by molar-refractivity contribution is 5.91. The molecule has 0 atom stereocenters. The molecular weight excluding hydrogens is 316 g/mol. The number of oxazole rings is 2. The lowest BCUT2D eigenvalue weighted by Gasteiger charge is -1.94. The van der Waals surface area contributed by atoms with Gasteiger partial charge in [-0.25, -0.2) is 9.97 Å². The van der Waals surface area contributed by atoms with Gasteiger partial charge in [-0.3, -0.25) is 0 Å². The van der Waals surface area contributed by atoms with Gasteiger partial charge in [0.25, 0.3) is 0 Å². The third-order valence-corrected chi connectivity index (χ3v) is 4.03. The first-order valence-corrected chi connectivity index (χ1v) is 7.82. The molecule has 3 aromatic carbocycles. The molecule has 0 fully saturated rings. The van der Waals surface area contributed by atoms with E-state index in [2.05, 4.69) is 9.97 Å². The summed E-state index contributed by atoms with van der Waals surface area (Å²) in [5, 5.41) is 9.39. The van der Waals surface area contributed by atoms with Gasteiger partial charge in [-0.05, 0) is 42.5 Å². The van der Waals surface area contributed by atoms with Crippen molar-refractivity contribution in [2.45, 2.75) is 0 Å². The highest BCUT2D eigenvalue weighted by Gasteiger charge is 2.14. The van der Waals surface area contributed by atoms with Crippen LogP contribution in [0.2, 0.25) is 0 Å². The van der Waals surface area contributed by atoms with Gasteiger partial charge in [0.05, 0.1) is 0 Å². The van der Waals surface area contributed by atoms with Crippen molar-refractivity contribution in [1.82, 2.24) is 9.97 Å². The van der Waals surface area contributed by atoms with Crippen molar-refractivity contribution in [3.05, 3.63) is 66.7 Å². The van der Waals surface area contributed by atoms with Gasteiger partial charge < -0.3 is 13.9 Å². The smallest absolute Gasteiger partial charge is 0.227 e. The molecule has 25 heavy (non-hydrogen) atoms. The molecule has 0 saturated carbocycles. The van der Waals surface area contributed by atoms with Crippen LogP contribution in [0.15, 0.2) is 75.6 Å². The largest absolute Gasteiger partial charge is 0.508 e. The number of benzene rings is 3. The fourth-order valence-electron chi connectivity index (χ4n) is 2.78. The summed E-state index contributed by atoms with van der Waals surface area (Å²) in [7, 11) is 0. The fraction of sp³-hybridized carbons (Fsp3) is 0. The van der Waals surface area contributed by atoms with Gasteiger partial charge in [-0.1, -0.05) is 18.2 Å². The summed E-state index contributed by atoms with van der Waals surface area (Å²) in [6.45, 7) is 0. The summed E-state index contributed by atoms with van der Waals surface area (Å²) in [5.41, 5.74) is 4.45. The monoisotopic (exact) mass is 328 g/mol. The molecule has 0 aliphatic heterocycles. The number of hydrogen-bond donors (Lipinski definition) is 1. The Morgan fingerprint density at radius 1 is 0.640 bits per heavy atom. The van der Waals surface area contributed by atoms with E-state index in [1.807, 2.05) is 36.4 Å². The Hall–Kier alpha value is -3.60. The first-order valence-electron chi connectivity index (χ1n) is 7.82. The fourth-order valence-corrected chi connectivity index (χ4v) is 2.78. The number of rotatable bonds is 2. The third kappa shape index (κ3) is 2.33. The third-order valence-electron chi connectivity index (χ3n) is 4.03. The maximum Gasteiger partial charge on any atom is 0.227 e. The molecule has 5 nitrogen and oxygen atoms in total. The minimum atomic E-state index is 0.204. The minimum absolute atomic E-state index is 0.204. The maximum atomic E-state index is 9.39. The molecule has 2 heterocycles. The predicted molar refractivity (Wildman–Crippen MR) is 94.1 cm³/mol. The lowest BCUT2D eigenvalue weighted by atomic mass is 10.2. The second-order valence-electron chi connectivity index (χ2n) is 5.74. The molecule has 0 radical (unpaired) electrons. The van der Waals surface area contributed by atoms with Crippen molar-refractivity contribution in [3.8, 4) is 28.7 Å². The lowest BCUT2D eigenvalue weighted by molar-refractivity contribution is 0.475. The Morgan fingerprint density at radius 2 is 1.20 bits per heavy atom. The molecule has 0 aliphatic carbocycles. The van der Waals surface area contributed by atoms with Crippen molar-refractivity contribution in [2.75, 3.05) is 0 Å². The Bertz CT molecular complexity index is 1140. The molecule has 5 heteroatoms. The van der Waals surface area contributed by atoms with Crippen molar-refractivity contribution in [3.63, 3.8) is 0 Å². The van der Waals surface area contributed by atoms with Gasteiger partial charge >= 0.3 is 0 Å². The van der Waals surface area contributed by atoms with Crippen molar-refractivity contribution in [2.24, 2.45) is 0 Å². The predicted octanol–water partition coefficient (Wildman–Crippen LogP) is 5.01. The molecule has 1 N–H and O–H groups in total. The van der Waals surface area contributed by atoms with Crippen molar-refractivity contribution in [1.29, 1.82) is 0 Å². The summed E-state index contributed by atoms with van der Waals surface area (Å²) in [5.74, 6) is 1.27. The average Bonchev–Trinajstić information content (AvgIpc) is 3.24. The van der Waals surface area contributed by atoms with Crippen molar-refractivity contribution < 1.29 is 13.9 Å². The molecule has 5 aromatic rings. The molecule has 5 rings (SSSR count). The number of phenolic OH excluding ortho intramolecular Hbond substituents is 1. The molecule has 0 saturated heterocycles. The van der Waals surface area contributed by atoms with Crippen LogP contribution in [-0.4, -0.2) is 15.1 Å². The molecule has 0 bridgehead atoms. The molecule has 2 aromatic heterocycles. The zero-order valence-corrected chi connectivity index (χ0v) is 13.0. The van der Waals surface area contributed by atoms with E-state index in [-0.39, 0.29) is 5.75 Å². The first-order chi connectivity index (χ1) is 12.3. The van der Waals surface area contributed by atoms with Crippen LogP contribution in [0.1, 0.15) is 0 Å². The summed E-state index contributed by atoms with van der Waals surface area (Å²) < 4.78 is 11.7. The van der Waals surface area contributed by atoms with Crippen LogP contribution in [0, 0.1) is 0 Å². The summed E-state index contributed by atoms with van der Waals surface area (Å²) in [6, 6.07) is 20.1. The van der Waals surface area contributed by atoms with E-state index in [0.717, 1.165) is 16.6 Å². The molecular formula is C20H12N2O3. The normalized spacial score (nSPS) is 11.4. The van der Waals surface area contributed by atoms with Gasteiger partial charge in [0, 0.05) is 17.2 Å². The van der Waals surface area contributed by atoms with Gasteiger partial charge in [0.1, 0.15) is 16.8 Å². The number of aromatic nitrogens is 2. The number of hydrogen-bond acceptors (Lipinski definition) is 5. The zero-order valence-electron chi connectivity index (χ0n) is 13.0. The van der Waals surface area contributed by atoms with Gasteiger partial charge in [0.2, 0.25) is 11.8 Å². The second-order valence-corrected chi connectivity index (χ2v) is 5.74. The Labute approximate surface area is 142 Å². The Kier molecular flexibility index (Phi) is 2.87. The van der Waals surface area contributed by atoms with E-state index in [9.17, 15) is 5.11 Å². The summed E-state index contributed by atoms with van der Waals surface area (Å²) in [4.78, 5) is 9.06. The van der Waals surface area contributed by atoms with Crippen LogP contribution in [0.4, 0.5) is 0 Å². The highest BCUT2D eigenvalue weighted by Crippen LogP contribution is 2.31. The number of nitrogens with zero attached hydrogens (tertiary/aromatic N) is 2. The first kappa shape index (κ1) is 13.8. The molecule has 0 spiro atoms. The van der Waals surface area contributed by atoms with E-state index < -0.39 is 0 Å². The molecule has 0 aliphatic rings. The molecule has 0 amide bonds. The van der Waals surface area contributed by atoms with Gasteiger partial charge in [-0.15, -0.1) is 0 Å². The van der Waals surface area contributed by atoms with E-state index >= 15 is 0 Å². The van der Waals surface area contributed by atoms with E-state index in [1.165, 1.54) is 0 Å². The molecule has 120 valence electrons. The van der Waals surface area contributed by atoms with E-state index in [0.29, 0.717) is 28.5 Å². The quantitative estimate of drug-likeness (QED) is 0.493. The van der Waals surface area contributed by atoms with Crippen molar-refractivity contribution >= 4 is 22.2 Å². The topological polar surface area (TPSA) is 72.3 Å². The highest BCUT2D eigenvalue weighted by atomic mass is 16.4. The van der Waals surface area contributed by atoms with Gasteiger partial charge in [0.15, 0.2) is 11.2 Å². The SMILES string of the molecule is Oc1ccc(-c2nc3cc4nc(-c5ccccc5)oc4cc3o2)cc1. The lowest BCUT2D eigenvalue weighted by Crippen LogP contribution is -1.76. The van der Waals surface area contributed by atoms with Crippen LogP contribution in [0.3, 0.4) is 0 Å². The van der Waals surface area contributed by atoms with E-state index in [4.69, 9.17) is 8.83 Å². The number of phenols is 1. The average molecular weight is 328 g/mol. The van der Waals surface area contributed by atoms with Crippen LogP contribution in [0.25, 0.3) is 45.1 Å². The second kappa shape index (κ2) is 5.21. The number of fused-ring (bicyclic) bond motifs is 2. The summed E-state index contributed by atoms with van der Waals surface area (Å²) in [6.07, 6.45) is 0.